The summed E-state index contributed by atoms with van der Waals surface area (Å²) in [6.45, 7) is 2.01. The van der Waals surface area contributed by atoms with Crippen molar-refractivity contribution in [3.63, 3.8) is 0 Å². The summed E-state index contributed by atoms with van der Waals surface area (Å²) in [5.74, 6) is -0.280. The fraction of sp³-hybridized carbons (Fsp3) is 0.250. The molecule has 0 amide bonds. The molecule has 2 aromatic carbocycles. The summed E-state index contributed by atoms with van der Waals surface area (Å²) in [6, 6.07) is 19.3. The van der Waals surface area contributed by atoms with Gasteiger partial charge in [0, 0.05) is 17.7 Å². The summed E-state index contributed by atoms with van der Waals surface area (Å²) in [6.07, 6.45) is 0.720. The lowest BCUT2D eigenvalue weighted by molar-refractivity contribution is 0.161. The second-order valence-corrected chi connectivity index (χ2v) is 7.35. The molecular weight excluding hydrogens is 255 g/mol. The van der Waals surface area contributed by atoms with E-state index < -0.39 is 7.14 Å². The van der Waals surface area contributed by atoms with E-state index in [-0.39, 0.29) is 5.85 Å². The van der Waals surface area contributed by atoms with Gasteiger partial charge in [0.25, 0.3) is 0 Å². The third-order valence-corrected chi connectivity index (χ3v) is 6.82. The molecule has 0 saturated carbocycles. The van der Waals surface area contributed by atoms with Gasteiger partial charge in [0.2, 0.25) is 0 Å². The molecule has 0 aliphatic rings. The van der Waals surface area contributed by atoms with E-state index in [1.54, 1.807) is 7.11 Å². The lowest BCUT2D eigenvalue weighted by Crippen LogP contribution is -2.26. The van der Waals surface area contributed by atoms with Gasteiger partial charge in [-0.2, -0.15) is 0 Å². The first kappa shape index (κ1) is 14.0. The zero-order valence-corrected chi connectivity index (χ0v) is 12.2. The molecule has 0 heterocycles. The van der Waals surface area contributed by atoms with Crippen molar-refractivity contribution in [2.24, 2.45) is 0 Å². The standard InChI is InChI=1S/C16H19O2P/c1-3-16(18-2)19(17,14-10-6-4-7-11-14)15-12-8-5-9-13-15/h4-13,16H,3H2,1-2H3. The second kappa shape index (κ2) is 6.18. The summed E-state index contributed by atoms with van der Waals surface area (Å²) in [5.41, 5.74) is 0. The molecule has 0 aliphatic carbocycles. The van der Waals surface area contributed by atoms with Gasteiger partial charge in [-0.25, -0.2) is 0 Å². The molecule has 19 heavy (non-hydrogen) atoms. The maximum atomic E-state index is 13.7. The van der Waals surface area contributed by atoms with Crippen molar-refractivity contribution < 1.29 is 9.30 Å². The SMILES string of the molecule is CCC(OC)P(=O)(c1ccccc1)c1ccccc1. The van der Waals surface area contributed by atoms with Crippen molar-refractivity contribution in [2.75, 3.05) is 7.11 Å². The van der Waals surface area contributed by atoms with Crippen molar-refractivity contribution in [1.29, 1.82) is 0 Å². The fourth-order valence-electron chi connectivity index (χ4n) is 2.35. The molecule has 2 rings (SSSR count). The predicted octanol–water partition coefficient (Wildman–Crippen LogP) is 3.38. The van der Waals surface area contributed by atoms with E-state index in [0.29, 0.717) is 0 Å². The zero-order chi connectivity index (χ0) is 13.7. The van der Waals surface area contributed by atoms with Crippen molar-refractivity contribution in [3.8, 4) is 0 Å². The molecule has 2 nitrogen and oxygen atoms in total. The predicted molar refractivity (Wildman–Crippen MR) is 80.8 cm³/mol. The van der Waals surface area contributed by atoms with Crippen LogP contribution in [0.4, 0.5) is 0 Å². The quantitative estimate of drug-likeness (QED) is 0.781. The van der Waals surface area contributed by atoms with Crippen LogP contribution >= 0.6 is 7.14 Å². The van der Waals surface area contributed by atoms with E-state index in [1.807, 2.05) is 67.6 Å². The van der Waals surface area contributed by atoms with Crippen molar-refractivity contribution in [3.05, 3.63) is 60.7 Å². The van der Waals surface area contributed by atoms with E-state index in [1.165, 1.54) is 0 Å². The Bertz CT molecular complexity index is 504. The van der Waals surface area contributed by atoms with Gasteiger partial charge in [-0.15, -0.1) is 0 Å². The van der Waals surface area contributed by atoms with E-state index in [0.717, 1.165) is 17.0 Å². The van der Waals surface area contributed by atoms with Crippen LogP contribution in [0.25, 0.3) is 0 Å². The van der Waals surface area contributed by atoms with Gasteiger partial charge in [0.05, 0.1) is 0 Å². The molecule has 0 aromatic heterocycles. The molecule has 100 valence electrons. The average Bonchev–Trinajstić information content (AvgIpc) is 2.50. The van der Waals surface area contributed by atoms with E-state index in [9.17, 15) is 4.57 Å². The molecular formula is C16H19O2P. The van der Waals surface area contributed by atoms with Gasteiger partial charge in [0.15, 0.2) is 7.14 Å². The number of hydrogen-bond acceptors (Lipinski definition) is 2. The molecule has 0 N–H and O–H groups in total. The third kappa shape index (κ3) is 2.65. The number of methoxy groups -OCH3 is 1. The highest BCUT2D eigenvalue weighted by molar-refractivity contribution is 7.79. The molecule has 2 aromatic rings. The molecule has 0 fully saturated rings. The lowest BCUT2D eigenvalue weighted by atomic mass is 10.4. The number of benzene rings is 2. The van der Waals surface area contributed by atoms with Crippen LogP contribution in [0.15, 0.2) is 60.7 Å². The minimum absolute atomic E-state index is 0.280. The van der Waals surface area contributed by atoms with Crippen LogP contribution in [-0.2, 0) is 9.30 Å². The molecule has 1 unspecified atom stereocenters. The molecule has 1 atom stereocenters. The Balaban J connectivity index is 2.61. The van der Waals surface area contributed by atoms with Gasteiger partial charge in [0.1, 0.15) is 5.85 Å². The van der Waals surface area contributed by atoms with Crippen LogP contribution in [0.5, 0.6) is 0 Å². The normalized spacial score (nSPS) is 13.2. The summed E-state index contributed by atoms with van der Waals surface area (Å²) < 4.78 is 19.2. The third-order valence-electron chi connectivity index (χ3n) is 3.31. The molecule has 0 radical (unpaired) electrons. The Morgan fingerprint density at radius 3 is 1.68 bits per heavy atom. The van der Waals surface area contributed by atoms with Crippen LogP contribution in [0.3, 0.4) is 0 Å². The molecule has 0 aliphatic heterocycles. The summed E-state index contributed by atoms with van der Waals surface area (Å²) >= 11 is 0. The highest BCUT2D eigenvalue weighted by Crippen LogP contribution is 2.49. The van der Waals surface area contributed by atoms with Crippen LogP contribution in [0.2, 0.25) is 0 Å². The number of rotatable bonds is 5. The summed E-state index contributed by atoms with van der Waals surface area (Å²) in [4.78, 5) is 0. The van der Waals surface area contributed by atoms with E-state index in [2.05, 4.69) is 0 Å². The van der Waals surface area contributed by atoms with Gasteiger partial charge in [-0.1, -0.05) is 67.6 Å². The fourth-order valence-corrected chi connectivity index (χ4v) is 5.36. The minimum atomic E-state index is -2.76. The Morgan fingerprint density at radius 1 is 0.947 bits per heavy atom. The Morgan fingerprint density at radius 2 is 1.37 bits per heavy atom. The average molecular weight is 274 g/mol. The molecule has 3 heteroatoms. The van der Waals surface area contributed by atoms with Crippen molar-refractivity contribution in [2.45, 2.75) is 19.2 Å². The number of ether oxygens (including phenoxy) is 1. The maximum absolute atomic E-state index is 13.7. The first-order chi connectivity index (χ1) is 9.23. The highest BCUT2D eigenvalue weighted by Gasteiger charge is 2.35. The van der Waals surface area contributed by atoms with Crippen molar-refractivity contribution >= 4 is 17.8 Å². The van der Waals surface area contributed by atoms with Crippen molar-refractivity contribution in [1.82, 2.24) is 0 Å². The first-order valence-electron chi connectivity index (χ1n) is 6.47. The molecule has 0 bridgehead atoms. The van der Waals surface area contributed by atoms with Gasteiger partial charge < -0.3 is 9.30 Å². The summed E-state index contributed by atoms with van der Waals surface area (Å²) in [5, 5.41) is 1.71. The monoisotopic (exact) mass is 274 g/mol. The maximum Gasteiger partial charge on any atom is 0.170 e. The van der Waals surface area contributed by atoms with Crippen LogP contribution in [0.1, 0.15) is 13.3 Å². The smallest absolute Gasteiger partial charge is 0.170 e. The molecule has 0 spiro atoms. The highest BCUT2D eigenvalue weighted by atomic mass is 31.2. The van der Waals surface area contributed by atoms with Gasteiger partial charge in [-0.3, -0.25) is 0 Å². The van der Waals surface area contributed by atoms with Crippen LogP contribution in [-0.4, -0.2) is 13.0 Å². The van der Waals surface area contributed by atoms with E-state index >= 15 is 0 Å². The summed E-state index contributed by atoms with van der Waals surface area (Å²) in [7, 11) is -1.12. The largest absolute Gasteiger partial charge is 0.373 e. The van der Waals surface area contributed by atoms with E-state index in [4.69, 9.17) is 4.74 Å². The zero-order valence-electron chi connectivity index (χ0n) is 11.3. The Kier molecular flexibility index (Phi) is 4.57. The first-order valence-corrected chi connectivity index (χ1v) is 8.24. The van der Waals surface area contributed by atoms with Gasteiger partial charge in [-0.05, 0) is 6.42 Å². The second-order valence-electron chi connectivity index (χ2n) is 4.43. The number of hydrogen-bond donors (Lipinski definition) is 0. The lowest BCUT2D eigenvalue weighted by Gasteiger charge is -2.26. The van der Waals surface area contributed by atoms with Crippen LogP contribution < -0.4 is 10.6 Å². The topological polar surface area (TPSA) is 26.3 Å². The molecule has 0 saturated heterocycles. The van der Waals surface area contributed by atoms with Crippen LogP contribution in [0, 0.1) is 0 Å². The minimum Gasteiger partial charge on any atom is -0.373 e. The Labute approximate surface area is 114 Å². The Hall–Kier alpha value is -1.37. The van der Waals surface area contributed by atoms with Gasteiger partial charge >= 0.3 is 0 Å².